The summed E-state index contributed by atoms with van der Waals surface area (Å²) in [6.45, 7) is 2.01. The first-order valence-corrected chi connectivity index (χ1v) is 7.69. The van der Waals surface area contributed by atoms with Crippen LogP contribution in [-0.4, -0.2) is 33.2 Å². The zero-order valence-corrected chi connectivity index (χ0v) is 12.0. The third kappa shape index (κ3) is 5.06. The number of carbonyl (C=O) groups is 1. The standard InChI is InChI=1S/C11H16ClN3O3S/c1-2-15-19(17,18)6-5-14-11(16)9-4-3-8(13)7-10(9)12/h3-4,7,15H,2,5-6,13H2,1H3,(H,14,16). The van der Waals surface area contributed by atoms with Gasteiger partial charge in [-0.05, 0) is 18.2 Å². The lowest BCUT2D eigenvalue weighted by atomic mass is 10.2. The third-order valence-electron chi connectivity index (χ3n) is 2.26. The number of amides is 1. The van der Waals surface area contributed by atoms with E-state index in [2.05, 4.69) is 10.0 Å². The first-order valence-electron chi connectivity index (χ1n) is 5.66. The van der Waals surface area contributed by atoms with Gasteiger partial charge in [-0.1, -0.05) is 18.5 Å². The van der Waals surface area contributed by atoms with Crippen molar-refractivity contribution < 1.29 is 13.2 Å². The van der Waals surface area contributed by atoms with Gasteiger partial charge in [0.2, 0.25) is 10.0 Å². The number of hydrogen-bond acceptors (Lipinski definition) is 4. The van der Waals surface area contributed by atoms with Gasteiger partial charge in [-0.15, -0.1) is 0 Å². The van der Waals surface area contributed by atoms with E-state index in [1.807, 2.05) is 0 Å². The van der Waals surface area contributed by atoms with Crippen LogP contribution in [0.5, 0.6) is 0 Å². The number of nitrogens with one attached hydrogen (secondary N) is 2. The van der Waals surface area contributed by atoms with Crippen LogP contribution in [0.4, 0.5) is 5.69 Å². The SMILES string of the molecule is CCNS(=O)(=O)CCNC(=O)c1ccc(N)cc1Cl. The smallest absolute Gasteiger partial charge is 0.252 e. The molecule has 0 bridgehead atoms. The van der Waals surface area contributed by atoms with E-state index in [0.29, 0.717) is 12.2 Å². The molecule has 0 aromatic heterocycles. The highest BCUT2D eigenvalue weighted by molar-refractivity contribution is 7.89. The quantitative estimate of drug-likeness (QED) is 0.670. The molecule has 1 aromatic carbocycles. The molecule has 0 aliphatic rings. The van der Waals surface area contributed by atoms with Crippen LogP contribution in [0.3, 0.4) is 0 Å². The fraction of sp³-hybridized carbons (Fsp3) is 0.364. The number of benzene rings is 1. The van der Waals surface area contributed by atoms with Crippen molar-refractivity contribution in [1.29, 1.82) is 0 Å². The van der Waals surface area contributed by atoms with Crippen LogP contribution in [0.15, 0.2) is 18.2 Å². The minimum atomic E-state index is -3.34. The zero-order valence-electron chi connectivity index (χ0n) is 10.4. The van der Waals surface area contributed by atoms with Crippen LogP contribution in [0.1, 0.15) is 17.3 Å². The van der Waals surface area contributed by atoms with E-state index in [0.717, 1.165) is 0 Å². The molecule has 1 amide bonds. The predicted octanol–water partition coefficient (Wildman–Crippen LogP) is 0.591. The first kappa shape index (κ1) is 15.7. The average Bonchev–Trinajstić information content (AvgIpc) is 2.28. The second-order valence-electron chi connectivity index (χ2n) is 3.81. The highest BCUT2D eigenvalue weighted by Crippen LogP contribution is 2.18. The molecule has 0 aliphatic carbocycles. The average molecular weight is 306 g/mol. The van der Waals surface area contributed by atoms with Crippen molar-refractivity contribution in [3.8, 4) is 0 Å². The summed E-state index contributed by atoms with van der Waals surface area (Å²) >= 11 is 5.87. The highest BCUT2D eigenvalue weighted by Gasteiger charge is 2.12. The molecule has 1 aromatic rings. The number of hydrogen-bond donors (Lipinski definition) is 3. The summed E-state index contributed by atoms with van der Waals surface area (Å²) in [7, 11) is -3.34. The largest absolute Gasteiger partial charge is 0.399 e. The minimum absolute atomic E-state index is 0.00880. The second kappa shape index (κ2) is 6.74. The van der Waals surface area contributed by atoms with Gasteiger partial charge in [-0.3, -0.25) is 4.79 Å². The van der Waals surface area contributed by atoms with Gasteiger partial charge in [0.05, 0.1) is 16.3 Å². The number of sulfonamides is 1. The van der Waals surface area contributed by atoms with Gasteiger partial charge in [-0.2, -0.15) is 0 Å². The summed E-state index contributed by atoms with van der Waals surface area (Å²) in [4.78, 5) is 11.8. The van der Waals surface area contributed by atoms with Crippen LogP contribution < -0.4 is 15.8 Å². The number of carbonyl (C=O) groups excluding carboxylic acids is 1. The molecule has 6 nitrogen and oxygen atoms in total. The third-order valence-corrected chi connectivity index (χ3v) is 4.04. The molecule has 0 spiro atoms. The number of nitrogens with two attached hydrogens (primary N) is 1. The van der Waals surface area contributed by atoms with Crippen molar-refractivity contribution in [3.63, 3.8) is 0 Å². The van der Waals surface area contributed by atoms with Gasteiger partial charge in [0.1, 0.15) is 0 Å². The maximum Gasteiger partial charge on any atom is 0.252 e. The Kier molecular flexibility index (Phi) is 5.59. The molecule has 8 heteroatoms. The Morgan fingerprint density at radius 1 is 1.42 bits per heavy atom. The van der Waals surface area contributed by atoms with Gasteiger partial charge in [0, 0.05) is 18.8 Å². The lowest BCUT2D eigenvalue weighted by Gasteiger charge is -2.08. The molecule has 0 saturated heterocycles. The molecule has 0 radical (unpaired) electrons. The summed E-state index contributed by atoms with van der Waals surface area (Å²) < 4.78 is 25.0. The molecule has 19 heavy (non-hydrogen) atoms. The molecule has 1 rings (SSSR count). The Balaban J connectivity index is 2.57. The Hall–Kier alpha value is -1.31. The monoisotopic (exact) mass is 305 g/mol. The maximum absolute atomic E-state index is 11.8. The molecule has 106 valence electrons. The zero-order chi connectivity index (χ0) is 14.5. The minimum Gasteiger partial charge on any atom is -0.399 e. The Labute approximate surface area is 117 Å². The van der Waals surface area contributed by atoms with E-state index in [9.17, 15) is 13.2 Å². The van der Waals surface area contributed by atoms with Crippen molar-refractivity contribution in [2.24, 2.45) is 0 Å². The van der Waals surface area contributed by atoms with Crippen molar-refractivity contribution in [2.45, 2.75) is 6.92 Å². The van der Waals surface area contributed by atoms with E-state index in [-0.39, 0.29) is 22.9 Å². The summed E-state index contributed by atoms with van der Waals surface area (Å²) in [5.41, 5.74) is 6.23. The number of nitrogen functional groups attached to an aromatic ring is 1. The van der Waals surface area contributed by atoms with E-state index >= 15 is 0 Å². The maximum atomic E-state index is 11.8. The van der Waals surface area contributed by atoms with Crippen molar-refractivity contribution in [3.05, 3.63) is 28.8 Å². The van der Waals surface area contributed by atoms with Gasteiger partial charge in [0.15, 0.2) is 0 Å². The summed E-state index contributed by atoms with van der Waals surface area (Å²) in [5.74, 6) is -0.615. The first-order chi connectivity index (χ1) is 8.85. The molecule has 0 saturated carbocycles. The molecule has 0 atom stereocenters. The molecule has 0 aliphatic heterocycles. The van der Waals surface area contributed by atoms with Crippen molar-refractivity contribution in [2.75, 3.05) is 24.6 Å². The number of anilines is 1. The van der Waals surface area contributed by atoms with Crippen LogP contribution >= 0.6 is 11.6 Å². The molecule has 4 N–H and O–H groups in total. The van der Waals surface area contributed by atoms with Gasteiger partial charge < -0.3 is 11.1 Å². The van der Waals surface area contributed by atoms with Crippen LogP contribution in [0.25, 0.3) is 0 Å². The fourth-order valence-corrected chi connectivity index (χ4v) is 2.63. The van der Waals surface area contributed by atoms with Gasteiger partial charge >= 0.3 is 0 Å². The number of rotatable bonds is 6. The molecule has 0 fully saturated rings. The summed E-state index contributed by atoms with van der Waals surface area (Å²) in [6.07, 6.45) is 0. The number of halogens is 1. The van der Waals surface area contributed by atoms with E-state index in [4.69, 9.17) is 17.3 Å². The lowest BCUT2D eigenvalue weighted by molar-refractivity contribution is 0.0956. The van der Waals surface area contributed by atoms with E-state index in [1.165, 1.54) is 12.1 Å². The molecular weight excluding hydrogens is 290 g/mol. The molecular formula is C11H16ClN3O3S. The summed E-state index contributed by atoms with van der Waals surface area (Å²) in [6, 6.07) is 4.51. The van der Waals surface area contributed by atoms with Crippen molar-refractivity contribution >= 4 is 33.2 Å². The fourth-order valence-electron chi connectivity index (χ4n) is 1.40. The van der Waals surface area contributed by atoms with Crippen LogP contribution in [0.2, 0.25) is 5.02 Å². The van der Waals surface area contributed by atoms with Gasteiger partial charge in [0.25, 0.3) is 5.91 Å². The molecule has 0 unspecified atom stereocenters. The predicted molar refractivity (Wildman–Crippen MR) is 75.7 cm³/mol. The summed E-state index contributed by atoms with van der Waals surface area (Å²) in [5, 5.41) is 2.72. The van der Waals surface area contributed by atoms with Gasteiger partial charge in [-0.25, -0.2) is 13.1 Å². The Bertz CT molecular complexity index is 560. The van der Waals surface area contributed by atoms with Crippen LogP contribution in [0, 0.1) is 0 Å². The van der Waals surface area contributed by atoms with E-state index < -0.39 is 15.9 Å². The lowest BCUT2D eigenvalue weighted by Crippen LogP contribution is -2.34. The highest BCUT2D eigenvalue weighted by atomic mass is 35.5. The van der Waals surface area contributed by atoms with Crippen LogP contribution in [-0.2, 0) is 10.0 Å². The molecule has 0 heterocycles. The Morgan fingerprint density at radius 2 is 2.11 bits per heavy atom. The normalized spacial score (nSPS) is 11.3. The topological polar surface area (TPSA) is 101 Å². The van der Waals surface area contributed by atoms with E-state index in [1.54, 1.807) is 13.0 Å². The second-order valence-corrected chi connectivity index (χ2v) is 6.15. The van der Waals surface area contributed by atoms with Crippen molar-refractivity contribution in [1.82, 2.24) is 10.0 Å². The Morgan fingerprint density at radius 3 is 2.68 bits per heavy atom.